The summed E-state index contributed by atoms with van der Waals surface area (Å²) in [7, 11) is 0. The molecule has 0 amide bonds. The third-order valence-electron chi connectivity index (χ3n) is 3.22. The summed E-state index contributed by atoms with van der Waals surface area (Å²) in [4.78, 5) is 11.6. The summed E-state index contributed by atoms with van der Waals surface area (Å²) in [5.41, 5.74) is -0.0595. The maximum absolute atomic E-state index is 14.7. The van der Waals surface area contributed by atoms with Crippen LogP contribution in [0.25, 0.3) is 0 Å². The van der Waals surface area contributed by atoms with E-state index in [-0.39, 0.29) is 40.7 Å². The third-order valence-corrected chi connectivity index (χ3v) is 3.52. The van der Waals surface area contributed by atoms with Crippen LogP contribution in [0.5, 0.6) is 17.2 Å². The summed E-state index contributed by atoms with van der Waals surface area (Å²) in [6, 6.07) is 7.71. The minimum Gasteiger partial charge on any atom is -0.466 e. The fourth-order valence-corrected chi connectivity index (χ4v) is 2.34. The number of carbonyl (C=O) groups excluding carboxylic acids is 1. The number of rotatable bonds is 7. The number of carbonyl (C=O) groups is 1. The molecule has 27 heavy (non-hydrogen) atoms. The number of halogens is 4. The van der Waals surface area contributed by atoms with Crippen LogP contribution in [0.4, 0.5) is 13.2 Å². The van der Waals surface area contributed by atoms with Crippen LogP contribution in [-0.4, -0.2) is 19.2 Å². The van der Waals surface area contributed by atoms with Crippen molar-refractivity contribution in [3.8, 4) is 23.3 Å². The number of nitriles is 1. The van der Waals surface area contributed by atoms with Crippen molar-refractivity contribution in [2.75, 3.05) is 6.61 Å². The minimum absolute atomic E-state index is 0.0201. The smallest absolute Gasteiger partial charge is 0.387 e. The molecular formula is C18H13ClF3NO4. The van der Waals surface area contributed by atoms with Gasteiger partial charge in [0, 0.05) is 11.6 Å². The zero-order valence-electron chi connectivity index (χ0n) is 14.0. The lowest BCUT2D eigenvalue weighted by atomic mass is 10.1. The molecule has 0 N–H and O–H groups in total. The molecule has 2 aromatic rings. The molecule has 2 rings (SSSR count). The van der Waals surface area contributed by atoms with E-state index in [1.807, 2.05) is 0 Å². The van der Waals surface area contributed by atoms with E-state index in [4.69, 9.17) is 26.3 Å². The first-order valence-corrected chi connectivity index (χ1v) is 8.02. The van der Waals surface area contributed by atoms with Crippen LogP contribution in [0.1, 0.15) is 18.1 Å². The Morgan fingerprint density at radius 1 is 1.26 bits per heavy atom. The van der Waals surface area contributed by atoms with E-state index < -0.39 is 24.1 Å². The van der Waals surface area contributed by atoms with Crippen molar-refractivity contribution in [3.63, 3.8) is 0 Å². The fraction of sp³-hybridized carbons (Fsp3) is 0.222. The molecule has 0 saturated heterocycles. The van der Waals surface area contributed by atoms with Crippen LogP contribution in [0.15, 0.2) is 30.3 Å². The highest BCUT2D eigenvalue weighted by atomic mass is 35.5. The Kier molecular flexibility index (Phi) is 6.91. The molecule has 9 heteroatoms. The summed E-state index contributed by atoms with van der Waals surface area (Å²) in [6.45, 7) is -1.35. The van der Waals surface area contributed by atoms with Crippen LogP contribution in [-0.2, 0) is 16.0 Å². The summed E-state index contributed by atoms with van der Waals surface area (Å²) in [6.07, 6.45) is -0.342. The number of hydrogen-bond donors (Lipinski definition) is 0. The largest absolute Gasteiger partial charge is 0.466 e. The van der Waals surface area contributed by atoms with E-state index >= 15 is 0 Å². The number of hydrogen-bond acceptors (Lipinski definition) is 5. The van der Waals surface area contributed by atoms with Crippen molar-refractivity contribution in [1.82, 2.24) is 0 Å². The zero-order valence-corrected chi connectivity index (χ0v) is 14.7. The van der Waals surface area contributed by atoms with Crippen molar-refractivity contribution >= 4 is 17.6 Å². The van der Waals surface area contributed by atoms with Crippen molar-refractivity contribution in [3.05, 3.63) is 52.3 Å². The van der Waals surface area contributed by atoms with E-state index in [0.717, 1.165) is 12.1 Å². The summed E-state index contributed by atoms with van der Waals surface area (Å²) >= 11 is 5.95. The van der Waals surface area contributed by atoms with Gasteiger partial charge >= 0.3 is 12.6 Å². The van der Waals surface area contributed by atoms with Crippen LogP contribution in [0.3, 0.4) is 0 Å². The molecule has 0 aliphatic heterocycles. The lowest BCUT2D eigenvalue weighted by Gasteiger charge is -2.13. The third kappa shape index (κ3) is 5.53. The van der Waals surface area contributed by atoms with Gasteiger partial charge in [-0.2, -0.15) is 14.0 Å². The van der Waals surface area contributed by atoms with Gasteiger partial charge in [0.15, 0.2) is 11.6 Å². The van der Waals surface area contributed by atoms with Gasteiger partial charge < -0.3 is 14.2 Å². The highest BCUT2D eigenvalue weighted by Gasteiger charge is 2.18. The van der Waals surface area contributed by atoms with Crippen molar-refractivity contribution < 1.29 is 32.2 Å². The van der Waals surface area contributed by atoms with Gasteiger partial charge in [-0.05, 0) is 25.1 Å². The molecule has 0 heterocycles. The molecule has 0 saturated carbocycles. The minimum atomic E-state index is -3.11. The Morgan fingerprint density at radius 2 is 1.96 bits per heavy atom. The average Bonchev–Trinajstić information content (AvgIpc) is 2.60. The topological polar surface area (TPSA) is 68.5 Å². The van der Waals surface area contributed by atoms with E-state index in [1.165, 1.54) is 18.2 Å². The van der Waals surface area contributed by atoms with Gasteiger partial charge in [-0.15, -0.1) is 0 Å². The molecule has 0 spiro atoms. The fourth-order valence-electron chi connectivity index (χ4n) is 2.15. The van der Waals surface area contributed by atoms with E-state index in [2.05, 4.69) is 4.74 Å². The Labute approximate surface area is 157 Å². The molecular weight excluding hydrogens is 387 g/mol. The maximum atomic E-state index is 14.7. The second-order valence-corrected chi connectivity index (χ2v) is 5.52. The summed E-state index contributed by atoms with van der Waals surface area (Å²) < 4.78 is 53.9. The van der Waals surface area contributed by atoms with Crippen LogP contribution >= 0.6 is 11.6 Å². The zero-order chi connectivity index (χ0) is 20.0. The van der Waals surface area contributed by atoms with Crippen LogP contribution in [0.2, 0.25) is 5.02 Å². The molecule has 5 nitrogen and oxygen atoms in total. The van der Waals surface area contributed by atoms with Gasteiger partial charge in [0.25, 0.3) is 0 Å². The molecule has 2 aromatic carbocycles. The standard InChI is InChI=1S/C18H13ClF3NO4/c1-2-25-15(24)7-11-3-4-14(19)17(16(11)20)26-12-5-10(9-23)6-13(8-12)27-18(21)22/h3-6,8,18H,2,7H2,1H3. The van der Waals surface area contributed by atoms with Gasteiger partial charge in [-0.25, -0.2) is 4.39 Å². The maximum Gasteiger partial charge on any atom is 0.387 e. The molecule has 0 aliphatic rings. The van der Waals surface area contributed by atoms with Crippen molar-refractivity contribution in [1.29, 1.82) is 5.26 Å². The molecule has 0 aromatic heterocycles. The summed E-state index contributed by atoms with van der Waals surface area (Å²) in [5.74, 6) is -2.44. The Balaban J connectivity index is 2.36. The average molecular weight is 400 g/mol. The lowest BCUT2D eigenvalue weighted by molar-refractivity contribution is -0.142. The predicted octanol–water partition coefficient (Wildman–Crippen LogP) is 4.85. The number of esters is 1. The number of alkyl halides is 2. The predicted molar refractivity (Wildman–Crippen MR) is 89.6 cm³/mol. The molecule has 142 valence electrons. The van der Waals surface area contributed by atoms with Gasteiger partial charge in [0.2, 0.25) is 0 Å². The quantitative estimate of drug-likeness (QED) is 0.622. The van der Waals surface area contributed by atoms with Crippen molar-refractivity contribution in [2.45, 2.75) is 20.0 Å². The Hall–Kier alpha value is -2.92. The highest BCUT2D eigenvalue weighted by Crippen LogP contribution is 2.36. The number of nitrogens with zero attached hydrogens (tertiary/aromatic N) is 1. The first kappa shape index (κ1) is 20.4. The van der Waals surface area contributed by atoms with E-state index in [0.29, 0.717) is 0 Å². The summed E-state index contributed by atoms with van der Waals surface area (Å²) in [5, 5.41) is 8.88. The van der Waals surface area contributed by atoms with E-state index in [1.54, 1.807) is 13.0 Å². The van der Waals surface area contributed by atoms with Gasteiger partial charge in [-0.1, -0.05) is 17.7 Å². The Morgan fingerprint density at radius 3 is 2.59 bits per heavy atom. The van der Waals surface area contributed by atoms with Gasteiger partial charge in [-0.3, -0.25) is 4.79 Å². The molecule has 0 radical (unpaired) electrons. The normalized spacial score (nSPS) is 10.4. The van der Waals surface area contributed by atoms with Gasteiger partial charge in [0.1, 0.15) is 11.5 Å². The first-order valence-electron chi connectivity index (χ1n) is 7.64. The van der Waals surface area contributed by atoms with Gasteiger partial charge in [0.05, 0.1) is 29.7 Å². The second-order valence-electron chi connectivity index (χ2n) is 5.12. The second kappa shape index (κ2) is 9.14. The molecule has 0 unspecified atom stereocenters. The lowest BCUT2D eigenvalue weighted by Crippen LogP contribution is -2.09. The van der Waals surface area contributed by atoms with Crippen LogP contribution in [0, 0.1) is 17.1 Å². The first-order chi connectivity index (χ1) is 12.8. The SMILES string of the molecule is CCOC(=O)Cc1ccc(Cl)c(Oc2cc(C#N)cc(OC(F)F)c2)c1F. The number of ether oxygens (including phenoxy) is 3. The molecule has 0 aliphatic carbocycles. The van der Waals surface area contributed by atoms with E-state index in [9.17, 15) is 18.0 Å². The number of benzene rings is 2. The molecule has 0 bridgehead atoms. The Bertz CT molecular complexity index is 884. The molecule has 0 atom stereocenters. The van der Waals surface area contributed by atoms with Crippen LogP contribution < -0.4 is 9.47 Å². The van der Waals surface area contributed by atoms with Crippen molar-refractivity contribution in [2.24, 2.45) is 0 Å². The monoisotopic (exact) mass is 399 g/mol. The molecule has 0 fully saturated rings. The highest BCUT2D eigenvalue weighted by molar-refractivity contribution is 6.32.